The number of carbonyl (C=O) groups excluding carboxylic acids is 1. The number of furan rings is 1. The van der Waals surface area contributed by atoms with Crippen LogP contribution in [0.1, 0.15) is 31.1 Å². The lowest BCUT2D eigenvalue weighted by molar-refractivity contribution is -0.123. The van der Waals surface area contributed by atoms with Crippen LogP contribution in [-0.4, -0.2) is 45.2 Å². The average Bonchev–Trinajstić information content (AvgIpc) is 3.15. The van der Waals surface area contributed by atoms with Crippen molar-refractivity contribution in [3.63, 3.8) is 0 Å². The largest absolute Gasteiger partial charge is 0.472 e. The van der Waals surface area contributed by atoms with Crippen LogP contribution in [0.4, 0.5) is 0 Å². The molecule has 0 aliphatic carbocycles. The van der Waals surface area contributed by atoms with Gasteiger partial charge in [0.05, 0.1) is 12.5 Å². The molecular formula is C17H25N5O2. The van der Waals surface area contributed by atoms with Crippen molar-refractivity contribution in [2.75, 3.05) is 19.6 Å². The van der Waals surface area contributed by atoms with Crippen LogP contribution in [0.2, 0.25) is 0 Å². The zero-order valence-corrected chi connectivity index (χ0v) is 14.4. The number of hydrogen-bond acceptors (Lipinski definition) is 5. The van der Waals surface area contributed by atoms with Crippen LogP contribution in [0.15, 0.2) is 23.0 Å². The summed E-state index contributed by atoms with van der Waals surface area (Å²) < 4.78 is 7.35. The van der Waals surface area contributed by atoms with Crippen molar-refractivity contribution in [2.24, 2.45) is 5.92 Å². The fourth-order valence-corrected chi connectivity index (χ4v) is 2.91. The minimum Gasteiger partial charge on any atom is -0.472 e. The van der Waals surface area contributed by atoms with Crippen LogP contribution in [0.3, 0.4) is 0 Å². The zero-order chi connectivity index (χ0) is 16.9. The molecule has 130 valence electrons. The summed E-state index contributed by atoms with van der Waals surface area (Å²) >= 11 is 0. The van der Waals surface area contributed by atoms with Crippen LogP contribution < -0.4 is 5.32 Å². The van der Waals surface area contributed by atoms with Crippen LogP contribution >= 0.6 is 0 Å². The summed E-state index contributed by atoms with van der Waals surface area (Å²) in [7, 11) is 0. The van der Waals surface area contributed by atoms with Crippen LogP contribution in [-0.2, 0) is 30.7 Å². The highest BCUT2D eigenvalue weighted by Crippen LogP contribution is 2.13. The number of rotatable bonds is 6. The molecule has 2 aromatic heterocycles. The van der Waals surface area contributed by atoms with Gasteiger partial charge >= 0.3 is 0 Å². The highest BCUT2D eigenvalue weighted by atomic mass is 16.3. The van der Waals surface area contributed by atoms with Crippen molar-refractivity contribution in [3.05, 3.63) is 35.8 Å². The monoisotopic (exact) mass is 331 g/mol. The first kappa shape index (κ1) is 16.7. The van der Waals surface area contributed by atoms with Crippen LogP contribution in [0, 0.1) is 5.92 Å². The summed E-state index contributed by atoms with van der Waals surface area (Å²) in [5, 5.41) is 11.6. The third-order valence-electron chi connectivity index (χ3n) is 4.35. The van der Waals surface area contributed by atoms with E-state index in [2.05, 4.69) is 25.0 Å². The second-order valence-corrected chi connectivity index (χ2v) is 6.54. The number of nitrogens with one attached hydrogen (secondary N) is 1. The van der Waals surface area contributed by atoms with E-state index in [0.717, 1.165) is 44.2 Å². The summed E-state index contributed by atoms with van der Waals surface area (Å²) in [6.45, 7) is 8.10. The highest BCUT2D eigenvalue weighted by Gasteiger charge is 2.19. The van der Waals surface area contributed by atoms with Crippen molar-refractivity contribution in [1.29, 1.82) is 0 Å². The molecule has 0 fully saturated rings. The van der Waals surface area contributed by atoms with E-state index >= 15 is 0 Å². The normalized spacial score (nSPS) is 15.3. The third-order valence-corrected chi connectivity index (χ3v) is 4.35. The molecule has 7 nitrogen and oxygen atoms in total. The number of nitrogens with zero attached hydrogens (tertiary/aromatic N) is 4. The van der Waals surface area contributed by atoms with Gasteiger partial charge in [0.1, 0.15) is 11.6 Å². The molecule has 0 unspecified atom stereocenters. The molecule has 2 aromatic rings. The molecule has 0 saturated carbocycles. The van der Waals surface area contributed by atoms with Crippen molar-refractivity contribution < 1.29 is 9.21 Å². The maximum Gasteiger partial charge on any atom is 0.222 e. The van der Waals surface area contributed by atoms with Crippen molar-refractivity contribution >= 4 is 5.91 Å². The Kier molecular flexibility index (Phi) is 5.30. The molecular weight excluding hydrogens is 306 g/mol. The fraction of sp³-hybridized carbons (Fsp3) is 0.588. The molecule has 0 atom stereocenters. The quantitative estimate of drug-likeness (QED) is 0.862. The minimum atomic E-state index is 0.0111. The lowest BCUT2D eigenvalue weighted by Gasteiger charge is -2.18. The molecule has 1 amide bonds. The van der Waals surface area contributed by atoms with Gasteiger partial charge in [-0.25, -0.2) is 0 Å². The van der Waals surface area contributed by atoms with Gasteiger partial charge in [-0.3, -0.25) is 9.69 Å². The topological polar surface area (TPSA) is 76.2 Å². The highest BCUT2D eigenvalue weighted by molar-refractivity contribution is 5.77. The second-order valence-electron chi connectivity index (χ2n) is 6.54. The number of carbonyl (C=O) groups is 1. The lowest BCUT2D eigenvalue weighted by atomic mass is 10.2. The zero-order valence-electron chi connectivity index (χ0n) is 14.4. The van der Waals surface area contributed by atoms with E-state index in [4.69, 9.17) is 4.42 Å². The van der Waals surface area contributed by atoms with Gasteiger partial charge in [0.2, 0.25) is 5.91 Å². The van der Waals surface area contributed by atoms with E-state index in [9.17, 15) is 4.79 Å². The Hall–Kier alpha value is -2.15. The molecule has 0 spiro atoms. The van der Waals surface area contributed by atoms with Gasteiger partial charge in [-0.15, -0.1) is 10.2 Å². The van der Waals surface area contributed by atoms with Gasteiger partial charge in [-0.1, -0.05) is 13.8 Å². The number of amides is 1. The molecule has 7 heteroatoms. The molecule has 3 heterocycles. The van der Waals surface area contributed by atoms with Crippen LogP contribution in [0.25, 0.3) is 0 Å². The Balaban J connectivity index is 1.55. The van der Waals surface area contributed by atoms with E-state index in [1.165, 1.54) is 5.56 Å². The van der Waals surface area contributed by atoms with E-state index in [-0.39, 0.29) is 11.8 Å². The van der Waals surface area contributed by atoms with Gasteiger partial charge < -0.3 is 14.3 Å². The summed E-state index contributed by atoms with van der Waals surface area (Å²) in [5.74, 6) is 2.09. The molecule has 0 bridgehead atoms. The Bertz CT molecular complexity index is 663. The summed E-state index contributed by atoms with van der Waals surface area (Å²) in [6, 6.07) is 2.01. The number of fused-ring (bicyclic) bond motifs is 1. The Morgan fingerprint density at radius 1 is 1.33 bits per heavy atom. The first-order chi connectivity index (χ1) is 11.6. The van der Waals surface area contributed by atoms with Crippen molar-refractivity contribution in [2.45, 2.75) is 39.8 Å². The SMILES string of the molecule is CC(C)C(=O)NCCc1nnc2n1CCN(Cc1ccoc1)CC2. The molecule has 24 heavy (non-hydrogen) atoms. The third kappa shape index (κ3) is 4.03. The molecule has 1 N–H and O–H groups in total. The van der Waals surface area contributed by atoms with Gasteiger partial charge in [-0.05, 0) is 6.07 Å². The number of hydrogen-bond donors (Lipinski definition) is 1. The maximum absolute atomic E-state index is 11.6. The number of aromatic nitrogens is 3. The van der Waals surface area contributed by atoms with E-state index < -0.39 is 0 Å². The average molecular weight is 331 g/mol. The smallest absolute Gasteiger partial charge is 0.222 e. The summed E-state index contributed by atoms with van der Waals surface area (Å²) in [4.78, 5) is 14.0. The van der Waals surface area contributed by atoms with E-state index in [1.807, 2.05) is 19.9 Å². The molecule has 0 radical (unpaired) electrons. The molecule has 0 saturated heterocycles. The standard InChI is InChI=1S/C17H25N5O2/c1-13(2)17(23)18-6-3-15-19-20-16-4-7-21(8-9-22(15)16)11-14-5-10-24-12-14/h5,10,12-13H,3-4,6-9,11H2,1-2H3,(H,18,23). The second kappa shape index (κ2) is 7.61. The van der Waals surface area contributed by atoms with Gasteiger partial charge in [-0.2, -0.15) is 0 Å². The van der Waals surface area contributed by atoms with E-state index in [0.29, 0.717) is 13.0 Å². The molecule has 3 rings (SSSR count). The molecule has 0 aromatic carbocycles. The summed E-state index contributed by atoms with van der Waals surface area (Å²) in [5.41, 5.74) is 1.20. The van der Waals surface area contributed by atoms with Crippen molar-refractivity contribution in [1.82, 2.24) is 25.0 Å². The van der Waals surface area contributed by atoms with Gasteiger partial charge in [0.25, 0.3) is 0 Å². The summed E-state index contributed by atoms with van der Waals surface area (Å²) in [6.07, 6.45) is 5.12. The minimum absolute atomic E-state index is 0.0111. The van der Waals surface area contributed by atoms with E-state index in [1.54, 1.807) is 12.5 Å². The maximum atomic E-state index is 11.6. The Morgan fingerprint density at radius 3 is 2.96 bits per heavy atom. The molecule has 1 aliphatic rings. The predicted molar refractivity (Wildman–Crippen MR) is 89.3 cm³/mol. The van der Waals surface area contributed by atoms with Crippen LogP contribution in [0.5, 0.6) is 0 Å². The lowest BCUT2D eigenvalue weighted by Crippen LogP contribution is -2.30. The fourth-order valence-electron chi connectivity index (χ4n) is 2.91. The van der Waals surface area contributed by atoms with Crippen molar-refractivity contribution in [3.8, 4) is 0 Å². The molecule has 1 aliphatic heterocycles. The Morgan fingerprint density at radius 2 is 2.21 bits per heavy atom. The first-order valence-electron chi connectivity index (χ1n) is 8.55. The first-order valence-corrected chi connectivity index (χ1v) is 8.55. The predicted octanol–water partition coefficient (Wildman–Crippen LogP) is 1.24. The van der Waals surface area contributed by atoms with Gasteiger partial charge in [0, 0.05) is 57.0 Å². The van der Waals surface area contributed by atoms with Gasteiger partial charge in [0.15, 0.2) is 0 Å². The Labute approximate surface area is 142 Å².